The Labute approximate surface area is 167 Å². The van der Waals surface area contributed by atoms with E-state index < -0.39 is 0 Å². The largest absolute Gasteiger partial charge is 0.350 e. The smallest absolute Gasteiger partial charge is 0.256 e. The van der Waals surface area contributed by atoms with Gasteiger partial charge in [0.15, 0.2) is 5.13 Å². The van der Waals surface area contributed by atoms with Crippen LogP contribution in [0, 0.1) is 6.92 Å². The molecular formula is C20H23N5O2S. The second-order valence-corrected chi connectivity index (χ2v) is 7.87. The average molecular weight is 398 g/mol. The molecule has 0 spiro atoms. The second-order valence-electron chi connectivity index (χ2n) is 7.00. The molecule has 1 saturated heterocycles. The first-order valence-corrected chi connectivity index (χ1v) is 10.4. The monoisotopic (exact) mass is 397 g/mol. The molecule has 1 aliphatic heterocycles. The van der Waals surface area contributed by atoms with Gasteiger partial charge in [-0.2, -0.15) is 0 Å². The molecule has 1 amide bonds. The standard InChI is InChI=1S/C20H23N5O2S/c1-3-24-12-16(17(26)15-7-6-13(2)23-18(15)24)19(27)22-11-14-5-4-9-25(14)20-21-8-10-28-20/h6-8,10,12,14H,3-5,9,11H2,1-2H3,(H,22,27). The van der Waals surface area contributed by atoms with Crippen LogP contribution in [0.25, 0.3) is 11.0 Å². The Morgan fingerprint density at radius 3 is 3.00 bits per heavy atom. The molecule has 0 bridgehead atoms. The SMILES string of the molecule is CCn1cc(C(=O)NCC2CCCN2c2nccs2)c(=O)c2ccc(C)nc21. The van der Waals surface area contributed by atoms with E-state index >= 15 is 0 Å². The first-order chi connectivity index (χ1) is 13.6. The maximum Gasteiger partial charge on any atom is 0.256 e. The van der Waals surface area contributed by atoms with Crippen LogP contribution >= 0.6 is 11.3 Å². The quantitative estimate of drug-likeness (QED) is 0.716. The Morgan fingerprint density at radius 2 is 2.25 bits per heavy atom. The predicted molar refractivity (Wildman–Crippen MR) is 111 cm³/mol. The fourth-order valence-corrected chi connectivity index (χ4v) is 4.47. The van der Waals surface area contributed by atoms with E-state index in [4.69, 9.17) is 0 Å². The first kappa shape index (κ1) is 18.6. The molecular weight excluding hydrogens is 374 g/mol. The Bertz CT molecular complexity index is 1060. The van der Waals surface area contributed by atoms with E-state index in [0.717, 1.165) is 30.2 Å². The molecule has 8 heteroatoms. The van der Waals surface area contributed by atoms with Crippen molar-refractivity contribution in [3.05, 3.63) is 51.4 Å². The Kier molecular flexibility index (Phi) is 5.13. The lowest BCUT2D eigenvalue weighted by Crippen LogP contribution is -2.41. The number of nitrogens with one attached hydrogen (secondary N) is 1. The van der Waals surface area contributed by atoms with Gasteiger partial charge in [0, 0.05) is 49.1 Å². The van der Waals surface area contributed by atoms with Crippen LogP contribution in [-0.2, 0) is 6.54 Å². The Balaban J connectivity index is 1.57. The number of nitrogens with zero attached hydrogens (tertiary/aromatic N) is 4. The topological polar surface area (TPSA) is 80.1 Å². The first-order valence-electron chi connectivity index (χ1n) is 9.53. The van der Waals surface area contributed by atoms with Crippen LogP contribution in [0.1, 0.15) is 35.8 Å². The maximum absolute atomic E-state index is 12.9. The lowest BCUT2D eigenvalue weighted by molar-refractivity contribution is 0.0949. The molecule has 0 aliphatic carbocycles. The van der Waals surface area contributed by atoms with Crippen LogP contribution in [-0.4, -0.2) is 39.6 Å². The molecule has 4 heterocycles. The third-order valence-electron chi connectivity index (χ3n) is 5.19. The van der Waals surface area contributed by atoms with E-state index in [9.17, 15) is 9.59 Å². The third kappa shape index (κ3) is 3.40. The maximum atomic E-state index is 12.9. The minimum absolute atomic E-state index is 0.166. The van der Waals surface area contributed by atoms with E-state index in [0.29, 0.717) is 24.1 Å². The molecule has 4 rings (SSSR count). The zero-order valence-corrected chi connectivity index (χ0v) is 16.8. The minimum atomic E-state index is -0.333. The molecule has 1 atom stereocenters. The van der Waals surface area contributed by atoms with Crippen LogP contribution in [0.15, 0.2) is 34.7 Å². The number of rotatable bonds is 5. The molecule has 3 aromatic rings. The highest BCUT2D eigenvalue weighted by molar-refractivity contribution is 7.13. The summed E-state index contributed by atoms with van der Waals surface area (Å²) < 4.78 is 1.86. The zero-order valence-electron chi connectivity index (χ0n) is 16.0. The lowest BCUT2D eigenvalue weighted by atomic mass is 10.1. The summed E-state index contributed by atoms with van der Waals surface area (Å²) in [7, 11) is 0. The summed E-state index contributed by atoms with van der Waals surface area (Å²) in [6.45, 7) is 5.93. The molecule has 0 saturated carbocycles. The van der Waals surface area contributed by atoms with Crippen molar-refractivity contribution in [1.82, 2.24) is 19.9 Å². The van der Waals surface area contributed by atoms with Gasteiger partial charge in [0.1, 0.15) is 11.2 Å². The van der Waals surface area contributed by atoms with Gasteiger partial charge in [-0.3, -0.25) is 9.59 Å². The number of thiazole rings is 1. The summed E-state index contributed by atoms with van der Waals surface area (Å²) >= 11 is 1.61. The van der Waals surface area contributed by atoms with Crippen molar-refractivity contribution in [2.45, 2.75) is 39.3 Å². The van der Waals surface area contributed by atoms with Gasteiger partial charge < -0.3 is 14.8 Å². The van der Waals surface area contributed by atoms with Gasteiger partial charge in [-0.1, -0.05) is 0 Å². The molecule has 28 heavy (non-hydrogen) atoms. The molecule has 1 aliphatic rings. The third-order valence-corrected chi connectivity index (χ3v) is 5.99. The van der Waals surface area contributed by atoms with Crippen molar-refractivity contribution in [3.8, 4) is 0 Å². The lowest BCUT2D eigenvalue weighted by Gasteiger charge is -2.24. The van der Waals surface area contributed by atoms with Gasteiger partial charge in [0.05, 0.1) is 5.39 Å². The number of anilines is 1. The van der Waals surface area contributed by atoms with Gasteiger partial charge in [0.25, 0.3) is 5.91 Å². The molecule has 0 radical (unpaired) electrons. The van der Waals surface area contributed by atoms with E-state index in [1.54, 1.807) is 35.9 Å². The van der Waals surface area contributed by atoms with Gasteiger partial charge in [-0.15, -0.1) is 11.3 Å². The van der Waals surface area contributed by atoms with Crippen molar-refractivity contribution < 1.29 is 4.79 Å². The number of hydrogen-bond acceptors (Lipinski definition) is 6. The summed E-state index contributed by atoms with van der Waals surface area (Å²) in [5, 5.41) is 6.38. The van der Waals surface area contributed by atoms with Crippen LogP contribution in [0.2, 0.25) is 0 Å². The molecule has 1 unspecified atom stereocenters. The number of fused-ring (bicyclic) bond motifs is 1. The summed E-state index contributed by atoms with van der Waals surface area (Å²) in [5.41, 5.74) is 1.36. The fourth-order valence-electron chi connectivity index (χ4n) is 3.73. The number of carbonyl (C=O) groups is 1. The molecule has 146 valence electrons. The normalized spacial score (nSPS) is 16.6. The van der Waals surface area contributed by atoms with Gasteiger partial charge in [-0.25, -0.2) is 9.97 Å². The highest BCUT2D eigenvalue weighted by Crippen LogP contribution is 2.26. The van der Waals surface area contributed by atoms with Crippen LogP contribution < -0.4 is 15.6 Å². The average Bonchev–Trinajstić information content (AvgIpc) is 3.37. The van der Waals surface area contributed by atoms with Gasteiger partial charge in [-0.05, 0) is 38.8 Å². The molecule has 1 fully saturated rings. The molecule has 3 aromatic heterocycles. The molecule has 7 nitrogen and oxygen atoms in total. The summed E-state index contributed by atoms with van der Waals surface area (Å²) in [5.74, 6) is -0.333. The highest BCUT2D eigenvalue weighted by atomic mass is 32.1. The second kappa shape index (κ2) is 7.71. The van der Waals surface area contributed by atoms with Gasteiger partial charge in [0.2, 0.25) is 5.43 Å². The van der Waals surface area contributed by atoms with E-state index in [-0.39, 0.29) is 22.9 Å². The minimum Gasteiger partial charge on any atom is -0.350 e. The summed E-state index contributed by atoms with van der Waals surface area (Å²) in [6, 6.07) is 3.76. The zero-order chi connectivity index (χ0) is 19.7. The van der Waals surface area contributed by atoms with E-state index in [1.807, 2.05) is 23.8 Å². The summed E-state index contributed by atoms with van der Waals surface area (Å²) in [4.78, 5) is 36.8. The number of carbonyl (C=O) groups excluding carboxylic acids is 1. The van der Waals surface area contributed by atoms with Crippen molar-refractivity contribution in [1.29, 1.82) is 0 Å². The fraction of sp³-hybridized carbons (Fsp3) is 0.400. The van der Waals surface area contributed by atoms with Crippen molar-refractivity contribution in [2.24, 2.45) is 0 Å². The van der Waals surface area contributed by atoms with Crippen molar-refractivity contribution >= 4 is 33.4 Å². The number of amides is 1. The van der Waals surface area contributed by atoms with Crippen molar-refractivity contribution in [3.63, 3.8) is 0 Å². The predicted octanol–water partition coefficient (Wildman–Crippen LogP) is 2.58. The Hall–Kier alpha value is -2.74. The van der Waals surface area contributed by atoms with Crippen molar-refractivity contribution in [2.75, 3.05) is 18.0 Å². The van der Waals surface area contributed by atoms with E-state index in [2.05, 4.69) is 20.2 Å². The van der Waals surface area contributed by atoms with Crippen LogP contribution in [0.3, 0.4) is 0 Å². The number of hydrogen-bond donors (Lipinski definition) is 1. The number of pyridine rings is 2. The highest BCUT2D eigenvalue weighted by Gasteiger charge is 2.27. The molecule has 1 N–H and O–H groups in total. The summed E-state index contributed by atoms with van der Waals surface area (Å²) in [6.07, 6.45) is 5.50. The number of aromatic nitrogens is 3. The Morgan fingerprint density at radius 1 is 1.39 bits per heavy atom. The van der Waals surface area contributed by atoms with Crippen LogP contribution in [0.4, 0.5) is 5.13 Å². The molecule has 0 aromatic carbocycles. The number of aryl methyl sites for hydroxylation is 2. The van der Waals surface area contributed by atoms with Gasteiger partial charge >= 0.3 is 0 Å². The van der Waals surface area contributed by atoms with E-state index in [1.165, 1.54) is 0 Å². The van der Waals surface area contributed by atoms with Crippen LogP contribution in [0.5, 0.6) is 0 Å².